The normalized spacial score (nSPS) is 20.7. The average molecular weight is 292 g/mol. The maximum Gasteiger partial charge on any atom is 0.325 e. The smallest absolute Gasteiger partial charge is 0.325 e. The number of nitrogens with zero attached hydrogens (tertiary/aromatic N) is 1. The van der Waals surface area contributed by atoms with E-state index in [1.54, 1.807) is 0 Å². The van der Waals surface area contributed by atoms with Crippen molar-refractivity contribution in [1.82, 2.24) is 10.2 Å². The van der Waals surface area contributed by atoms with Crippen LogP contribution in [-0.2, 0) is 20.9 Å². The van der Waals surface area contributed by atoms with Gasteiger partial charge in [-0.05, 0) is 12.5 Å². The van der Waals surface area contributed by atoms with Crippen molar-refractivity contribution in [1.29, 1.82) is 0 Å². The van der Waals surface area contributed by atoms with Crippen LogP contribution >= 0.6 is 0 Å². The first-order chi connectivity index (χ1) is 10.1. The van der Waals surface area contributed by atoms with Gasteiger partial charge in [0, 0.05) is 19.6 Å². The van der Waals surface area contributed by atoms with E-state index in [4.69, 9.17) is 9.84 Å². The van der Waals surface area contributed by atoms with Crippen LogP contribution in [0, 0.1) is 0 Å². The van der Waals surface area contributed by atoms with Crippen LogP contribution < -0.4 is 5.32 Å². The molecule has 1 fully saturated rings. The number of nitrogens with one attached hydrogen (secondary N) is 1. The molecule has 1 aromatic rings. The van der Waals surface area contributed by atoms with Crippen LogP contribution in [0.25, 0.3) is 0 Å². The fourth-order valence-corrected chi connectivity index (χ4v) is 2.21. The monoisotopic (exact) mass is 292 g/mol. The Bertz CT molecular complexity index is 492. The summed E-state index contributed by atoms with van der Waals surface area (Å²) in [6.45, 7) is 3.87. The van der Waals surface area contributed by atoms with Crippen molar-refractivity contribution < 1.29 is 19.4 Å². The molecule has 21 heavy (non-hydrogen) atoms. The van der Waals surface area contributed by atoms with Crippen LogP contribution in [0.15, 0.2) is 30.3 Å². The molecule has 2 N–H and O–H groups in total. The van der Waals surface area contributed by atoms with E-state index in [1.165, 1.54) is 12.5 Å². The van der Waals surface area contributed by atoms with Crippen molar-refractivity contribution in [2.24, 2.45) is 0 Å². The zero-order valence-electron chi connectivity index (χ0n) is 12.0. The minimum atomic E-state index is -1.06. The zero-order chi connectivity index (χ0) is 15.2. The summed E-state index contributed by atoms with van der Waals surface area (Å²) >= 11 is 0. The molecule has 0 spiro atoms. The predicted octanol–water partition coefficient (Wildman–Crippen LogP) is 0.477. The summed E-state index contributed by atoms with van der Waals surface area (Å²) in [6.07, 6.45) is -0.621. The Balaban J connectivity index is 1.88. The molecule has 1 saturated heterocycles. The van der Waals surface area contributed by atoms with Gasteiger partial charge in [-0.1, -0.05) is 30.3 Å². The molecule has 1 amide bonds. The largest absolute Gasteiger partial charge is 0.480 e. The van der Waals surface area contributed by atoms with Crippen LogP contribution in [0.4, 0.5) is 0 Å². The maximum atomic E-state index is 12.0. The number of carboxylic acids is 1. The molecule has 0 bridgehead atoms. The Kier molecular flexibility index (Phi) is 5.30. The summed E-state index contributed by atoms with van der Waals surface area (Å²) in [5.41, 5.74) is 1.18. The highest BCUT2D eigenvalue weighted by molar-refractivity contribution is 5.86. The van der Waals surface area contributed by atoms with Gasteiger partial charge >= 0.3 is 5.97 Å². The van der Waals surface area contributed by atoms with E-state index in [9.17, 15) is 9.59 Å². The third-order valence-electron chi connectivity index (χ3n) is 3.42. The molecular formula is C15H20N2O4. The fraction of sp³-hybridized carbons (Fsp3) is 0.467. The number of carbonyl (C=O) groups is 2. The van der Waals surface area contributed by atoms with Gasteiger partial charge in [-0.15, -0.1) is 0 Å². The Labute approximate surface area is 123 Å². The molecule has 1 aliphatic heterocycles. The molecule has 6 nitrogen and oxygen atoms in total. The number of carbonyl (C=O) groups excluding carboxylic acids is 1. The minimum absolute atomic E-state index is 0.373. The Morgan fingerprint density at radius 3 is 2.81 bits per heavy atom. The summed E-state index contributed by atoms with van der Waals surface area (Å²) in [4.78, 5) is 24.9. The SMILES string of the molecule is CC(NC(=O)C1CN(Cc2ccccc2)CCO1)C(=O)O. The summed E-state index contributed by atoms with van der Waals surface area (Å²) < 4.78 is 5.44. The lowest BCUT2D eigenvalue weighted by Gasteiger charge is -2.32. The third kappa shape index (κ3) is 4.54. The molecule has 0 aliphatic carbocycles. The van der Waals surface area contributed by atoms with E-state index in [1.807, 2.05) is 30.3 Å². The van der Waals surface area contributed by atoms with Gasteiger partial charge in [-0.2, -0.15) is 0 Å². The highest BCUT2D eigenvalue weighted by Gasteiger charge is 2.28. The number of hydrogen-bond donors (Lipinski definition) is 2. The highest BCUT2D eigenvalue weighted by Crippen LogP contribution is 2.10. The molecular weight excluding hydrogens is 272 g/mol. The van der Waals surface area contributed by atoms with Gasteiger partial charge in [0.1, 0.15) is 12.1 Å². The van der Waals surface area contributed by atoms with Crippen LogP contribution in [-0.4, -0.2) is 53.7 Å². The first-order valence-corrected chi connectivity index (χ1v) is 6.97. The summed E-state index contributed by atoms with van der Waals surface area (Å²) in [5.74, 6) is -1.43. The van der Waals surface area contributed by atoms with Gasteiger partial charge in [0.05, 0.1) is 6.61 Å². The lowest BCUT2D eigenvalue weighted by molar-refractivity contribution is -0.146. The highest BCUT2D eigenvalue weighted by atomic mass is 16.5. The lowest BCUT2D eigenvalue weighted by Crippen LogP contribution is -2.52. The molecule has 1 aromatic carbocycles. The Hall–Kier alpha value is -1.92. The van der Waals surface area contributed by atoms with Crippen molar-refractivity contribution in [3.63, 3.8) is 0 Å². The number of hydrogen-bond acceptors (Lipinski definition) is 4. The van der Waals surface area contributed by atoms with Crippen molar-refractivity contribution in [2.45, 2.75) is 25.6 Å². The number of aliphatic carboxylic acids is 1. The lowest BCUT2D eigenvalue weighted by atomic mass is 10.2. The summed E-state index contributed by atoms with van der Waals surface area (Å²) in [5, 5.41) is 11.3. The first kappa shape index (κ1) is 15.5. The van der Waals surface area contributed by atoms with Gasteiger partial charge < -0.3 is 15.2 Å². The standard InChI is InChI=1S/C15H20N2O4/c1-11(15(19)20)16-14(18)13-10-17(7-8-21-13)9-12-5-3-2-4-6-12/h2-6,11,13H,7-10H2,1H3,(H,16,18)(H,19,20). The maximum absolute atomic E-state index is 12.0. The zero-order valence-corrected chi connectivity index (χ0v) is 12.0. The number of morpholine rings is 1. The van der Waals surface area contributed by atoms with Crippen molar-refractivity contribution in [2.75, 3.05) is 19.7 Å². The second-order valence-corrected chi connectivity index (χ2v) is 5.15. The Morgan fingerprint density at radius 2 is 2.14 bits per heavy atom. The fourth-order valence-electron chi connectivity index (χ4n) is 2.21. The molecule has 2 unspecified atom stereocenters. The molecule has 2 rings (SSSR count). The van der Waals surface area contributed by atoms with E-state index in [0.29, 0.717) is 13.2 Å². The van der Waals surface area contributed by atoms with Crippen LogP contribution in [0.1, 0.15) is 12.5 Å². The average Bonchev–Trinajstić information content (AvgIpc) is 2.48. The van der Waals surface area contributed by atoms with E-state index < -0.39 is 18.1 Å². The topological polar surface area (TPSA) is 78.9 Å². The number of amides is 1. The van der Waals surface area contributed by atoms with Crippen molar-refractivity contribution in [3.8, 4) is 0 Å². The number of benzene rings is 1. The molecule has 114 valence electrons. The van der Waals surface area contributed by atoms with E-state index in [2.05, 4.69) is 10.2 Å². The molecule has 0 aromatic heterocycles. The van der Waals surface area contributed by atoms with Crippen molar-refractivity contribution in [3.05, 3.63) is 35.9 Å². The van der Waals surface area contributed by atoms with Gasteiger partial charge in [0.25, 0.3) is 5.91 Å². The Morgan fingerprint density at radius 1 is 1.43 bits per heavy atom. The second-order valence-electron chi connectivity index (χ2n) is 5.15. The van der Waals surface area contributed by atoms with Gasteiger partial charge in [0.15, 0.2) is 0 Å². The van der Waals surface area contributed by atoms with Gasteiger partial charge in [-0.25, -0.2) is 0 Å². The first-order valence-electron chi connectivity index (χ1n) is 6.97. The number of rotatable bonds is 5. The van der Waals surface area contributed by atoms with E-state index >= 15 is 0 Å². The quantitative estimate of drug-likeness (QED) is 0.825. The van der Waals surface area contributed by atoms with Crippen LogP contribution in [0.2, 0.25) is 0 Å². The molecule has 1 aliphatic rings. The molecule has 0 saturated carbocycles. The van der Waals surface area contributed by atoms with E-state index in [-0.39, 0.29) is 5.91 Å². The molecule has 1 heterocycles. The van der Waals surface area contributed by atoms with Crippen LogP contribution in [0.5, 0.6) is 0 Å². The molecule has 6 heteroatoms. The van der Waals surface area contributed by atoms with Crippen molar-refractivity contribution >= 4 is 11.9 Å². The van der Waals surface area contributed by atoms with Crippen LogP contribution in [0.3, 0.4) is 0 Å². The molecule has 0 radical (unpaired) electrons. The van der Waals surface area contributed by atoms with E-state index in [0.717, 1.165) is 13.1 Å². The molecule has 2 atom stereocenters. The van der Waals surface area contributed by atoms with Gasteiger partial charge in [-0.3, -0.25) is 14.5 Å². The number of carboxylic acid groups (broad SMARTS) is 1. The van der Waals surface area contributed by atoms with Gasteiger partial charge in [0.2, 0.25) is 0 Å². The number of ether oxygens (including phenoxy) is 1. The summed E-state index contributed by atoms with van der Waals surface area (Å²) in [7, 11) is 0. The summed E-state index contributed by atoms with van der Waals surface area (Å²) in [6, 6.07) is 9.09. The third-order valence-corrected chi connectivity index (χ3v) is 3.42. The second kappa shape index (κ2) is 7.19. The minimum Gasteiger partial charge on any atom is -0.480 e. The predicted molar refractivity (Wildman–Crippen MR) is 76.7 cm³/mol.